The fourth-order valence-electron chi connectivity index (χ4n) is 1.98. The van der Waals surface area contributed by atoms with Gasteiger partial charge in [0.05, 0.1) is 12.0 Å². The van der Waals surface area contributed by atoms with Gasteiger partial charge in [0.25, 0.3) is 0 Å². The molecule has 0 bridgehead atoms. The van der Waals surface area contributed by atoms with Gasteiger partial charge in [0, 0.05) is 19.6 Å². The van der Waals surface area contributed by atoms with Crippen LogP contribution >= 0.6 is 0 Å². The number of nitrogens with two attached hydrogens (primary N) is 1. The van der Waals surface area contributed by atoms with Gasteiger partial charge in [0.1, 0.15) is 0 Å². The Balaban J connectivity index is 4.45. The van der Waals surface area contributed by atoms with Crippen LogP contribution in [0, 0.1) is 5.41 Å². The van der Waals surface area contributed by atoms with Gasteiger partial charge in [0.15, 0.2) is 0 Å². The van der Waals surface area contributed by atoms with Crippen molar-refractivity contribution in [3.8, 4) is 0 Å². The van der Waals surface area contributed by atoms with Crippen LogP contribution in [0.5, 0.6) is 0 Å². The first-order valence-electron chi connectivity index (χ1n) is 6.77. The van der Waals surface area contributed by atoms with Crippen molar-refractivity contribution >= 4 is 11.8 Å². The molecule has 3 N–H and O–H groups in total. The Morgan fingerprint density at radius 2 is 1.61 bits per heavy atom. The molecule has 0 saturated carbocycles. The van der Waals surface area contributed by atoms with Gasteiger partial charge in [-0.05, 0) is 26.7 Å². The Bertz CT molecular complexity index is 263. The normalized spacial score (nSPS) is 11.2. The summed E-state index contributed by atoms with van der Waals surface area (Å²) in [5, 5.41) is 2.72. The Labute approximate surface area is 110 Å². The lowest BCUT2D eigenvalue weighted by molar-refractivity contribution is -0.136. The second-order valence-corrected chi connectivity index (χ2v) is 4.44. The lowest BCUT2D eigenvalue weighted by Crippen LogP contribution is -2.48. The van der Waals surface area contributed by atoms with Gasteiger partial charge >= 0.3 is 0 Å². The molecular weight excluding hydrogens is 230 g/mol. The first-order valence-corrected chi connectivity index (χ1v) is 6.77. The summed E-state index contributed by atoms with van der Waals surface area (Å²) in [7, 11) is 0. The van der Waals surface area contributed by atoms with Crippen molar-refractivity contribution in [3.05, 3.63) is 0 Å². The molecule has 0 atom stereocenters. The van der Waals surface area contributed by atoms with E-state index >= 15 is 0 Å². The van der Waals surface area contributed by atoms with Crippen LogP contribution < -0.4 is 11.1 Å². The minimum Gasteiger partial charge on any atom is -0.347 e. The molecular formula is C13H27N3O2. The number of hydrogen-bond donors (Lipinski definition) is 2. The van der Waals surface area contributed by atoms with Crippen LogP contribution in [0.2, 0.25) is 0 Å². The molecule has 0 rings (SSSR count). The van der Waals surface area contributed by atoms with E-state index in [4.69, 9.17) is 5.73 Å². The van der Waals surface area contributed by atoms with Crippen LogP contribution in [0.25, 0.3) is 0 Å². The first-order chi connectivity index (χ1) is 8.51. The highest BCUT2D eigenvalue weighted by atomic mass is 16.2. The predicted molar refractivity (Wildman–Crippen MR) is 73.0 cm³/mol. The second-order valence-electron chi connectivity index (χ2n) is 4.44. The van der Waals surface area contributed by atoms with E-state index < -0.39 is 5.41 Å². The third kappa shape index (κ3) is 3.98. The van der Waals surface area contributed by atoms with Crippen molar-refractivity contribution in [1.82, 2.24) is 10.2 Å². The zero-order chi connectivity index (χ0) is 14.2. The topological polar surface area (TPSA) is 75.4 Å². The highest BCUT2D eigenvalue weighted by Crippen LogP contribution is 2.24. The molecule has 0 aromatic heterocycles. The lowest BCUT2D eigenvalue weighted by atomic mass is 9.81. The summed E-state index contributed by atoms with van der Waals surface area (Å²) < 4.78 is 0. The smallest absolute Gasteiger partial charge is 0.241 e. The van der Waals surface area contributed by atoms with Crippen LogP contribution in [0.4, 0.5) is 0 Å². The second kappa shape index (κ2) is 8.08. The molecule has 5 heteroatoms. The van der Waals surface area contributed by atoms with E-state index in [1.807, 2.05) is 27.7 Å². The summed E-state index contributed by atoms with van der Waals surface area (Å²) in [6.07, 6.45) is 1.37. The summed E-state index contributed by atoms with van der Waals surface area (Å²) in [6.45, 7) is 9.43. The average molecular weight is 257 g/mol. The molecule has 0 saturated heterocycles. The molecule has 0 aromatic carbocycles. The van der Waals surface area contributed by atoms with Gasteiger partial charge < -0.3 is 16.0 Å². The van der Waals surface area contributed by atoms with Crippen LogP contribution in [0.1, 0.15) is 40.5 Å². The molecule has 0 aliphatic rings. The van der Waals surface area contributed by atoms with E-state index in [2.05, 4.69) is 5.32 Å². The van der Waals surface area contributed by atoms with Crippen LogP contribution in [0.15, 0.2) is 0 Å². The highest BCUT2D eigenvalue weighted by molar-refractivity contribution is 5.88. The minimum absolute atomic E-state index is 0.0496. The molecule has 0 aliphatic heterocycles. The highest BCUT2D eigenvalue weighted by Gasteiger charge is 2.33. The van der Waals surface area contributed by atoms with Crippen LogP contribution in [-0.2, 0) is 9.59 Å². The molecule has 2 amide bonds. The average Bonchev–Trinajstić information content (AvgIpc) is 2.40. The van der Waals surface area contributed by atoms with Crippen molar-refractivity contribution in [2.24, 2.45) is 11.1 Å². The van der Waals surface area contributed by atoms with E-state index in [1.54, 1.807) is 4.90 Å². The van der Waals surface area contributed by atoms with Crippen molar-refractivity contribution in [2.75, 3.05) is 26.2 Å². The summed E-state index contributed by atoms with van der Waals surface area (Å²) >= 11 is 0. The number of likely N-dealkylation sites (N-methyl/N-ethyl adjacent to an activating group) is 1. The third-order valence-corrected chi connectivity index (χ3v) is 3.74. The largest absolute Gasteiger partial charge is 0.347 e. The minimum atomic E-state index is -0.538. The Morgan fingerprint density at radius 1 is 1.11 bits per heavy atom. The molecule has 18 heavy (non-hydrogen) atoms. The number of rotatable bonds is 8. The molecule has 0 spiro atoms. The SMILES string of the molecule is CCN(CC)C(=O)CNC(=O)C(CC)(CC)CN. The number of hydrogen-bond acceptors (Lipinski definition) is 3. The molecule has 0 aromatic rings. The molecule has 106 valence electrons. The maximum atomic E-state index is 12.1. The molecule has 5 nitrogen and oxygen atoms in total. The maximum Gasteiger partial charge on any atom is 0.241 e. The quantitative estimate of drug-likeness (QED) is 0.673. The van der Waals surface area contributed by atoms with E-state index in [1.165, 1.54) is 0 Å². The Hall–Kier alpha value is -1.10. The van der Waals surface area contributed by atoms with E-state index in [0.29, 0.717) is 32.5 Å². The van der Waals surface area contributed by atoms with Gasteiger partial charge in [-0.25, -0.2) is 0 Å². The van der Waals surface area contributed by atoms with Crippen molar-refractivity contribution in [1.29, 1.82) is 0 Å². The molecule has 0 heterocycles. The first kappa shape index (κ1) is 16.9. The third-order valence-electron chi connectivity index (χ3n) is 3.74. The number of nitrogens with zero attached hydrogens (tertiary/aromatic N) is 1. The monoisotopic (exact) mass is 257 g/mol. The maximum absolute atomic E-state index is 12.1. The summed E-state index contributed by atoms with van der Waals surface area (Å²) in [4.78, 5) is 25.6. The summed E-state index contributed by atoms with van der Waals surface area (Å²) in [5.41, 5.74) is 5.15. The zero-order valence-electron chi connectivity index (χ0n) is 12.1. The number of amides is 2. The predicted octanol–water partition coefficient (Wildman–Crippen LogP) is 0.736. The molecule has 0 unspecified atom stereocenters. The molecule has 0 radical (unpaired) electrons. The lowest BCUT2D eigenvalue weighted by Gasteiger charge is -2.29. The number of carbonyl (C=O) groups excluding carboxylic acids is 2. The van der Waals surface area contributed by atoms with Crippen molar-refractivity contribution < 1.29 is 9.59 Å². The zero-order valence-corrected chi connectivity index (χ0v) is 12.1. The van der Waals surface area contributed by atoms with E-state index in [0.717, 1.165) is 0 Å². The fourth-order valence-corrected chi connectivity index (χ4v) is 1.98. The molecule has 0 fully saturated rings. The van der Waals surface area contributed by atoms with Gasteiger partial charge in [-0.2, -0.15) is 0 Å². The van der Waals surface area contributed by atoms with Crippen molar-refractivity contribution in [2.45, 2.75) is 40.5 Å². The molecule has 0 aliphatic carbocycles. The summed E-state index contributed by atoms with van der Waals surface area (Å²) in [6, 6.07) is 0. The van der Waals surface area contributed by atoms with Crippen LogP contribution in [0.3, 0.4) is 0 Å². The van der Waals surface area contributed by atoms with Gasteiger partial charge in [-0.3, -0.25) is 9.59 Å². The standard InChI is InChI=1S/C13H27N3O2/c1-5-13(6-2,10-14)12(18)15-9-11(17)16(7-3)8-4/h5-10,14H2,1-4H3,(H,15,18). The number of carbonyl (C=O) groups is 2. The van der Waals surface area contributed by atoms with Crippen molar-refractivity contribution in [3.63, 3.8) is 0 Å². The van der Waals surface area contributed by atoms with E-state index in [-0.39, 0.29) is 18.4 Å². The van der Waals surface area contributed by atoms with Gasteiger partial charge in [0.2, 0.25) is 11.8 Å². The van der Waals surface area contributed by atoms with Gasteiger partial charge in [-0.1, -0.05) is 13.8 Å². The van der Waals surface area contributed by atoms with E-state index in [9.17, 15) is 9.59 Å². The van der Waals surface area contributed by atoms with Crippen LogP contribution in [-0.4, -0.2) is 42.9 Å². The number of nitrogens with one attached hydrogen (secondary N) is 1. The fraction of sp³-hybridized carbons (Fsp3) is 0.846. The summed E-state index contributed by atoms with van der Waals surface area (Å²) in [5.74, 6) is -0.165. The van der Waals surface area contributed by atoms with Gasteiger partial charge in [-0.15, -0.1) is 0 Å². The Morgan fingerprint density at radius 3 is 1.94 bits per heavy atom. The Kier molecular flexibility index (Phi) is 7.59.